The van der Waals surface area contributed by atoms with Gasteiger partial charge in [-0.25, -0.2) is 4.39 Å². The van der Waals surface area contributed by atoms with Crippen LogP contribution < -0.4 is 4.74 Å². The highest BCUT2D eigenvalue weighted by atomic mass is 19.1. The van der Waals surface area contributed by atoms with Gasteiger partial charge in [0.1, 0.15) is 5.75 Å². The number of nitrogens with zero attached hydrogens (tertiary/aromatic N) is 1. The first-order valence-electron chi connectivity index (χ1n) is 5.05. The van der Waals surface area contributed by atoms with Crippen LogP contribution in [0, 0.1) is 23.6 Å². The fraction of sp³-hybridized carbons (Fsp3) is 0. The van der Waals surface area contributed by atoms with Crippen molar-refractivity contribution in [2.45, 2.75) is 0 Å². The van der Waals surface area contributed by atoms with Crippen molar-refractivity contribution in [3.05, 3.63) is 66.3 Å². The molecule has 83 valence electrons. The highest BCUT2D eigenvalue weighted by molar-refractivity contribution is 5.39. The number of rotatable bonds is 3. The van der Waals surface area contributed by atoms with Crippen molar-refractivity contribution in [1.29, 1.82) is 5.26 Å². The summed E-state index contributed by atoms with van der Waals surface area (Å²) in [5.41, 5.74) is 0.611. The van der Waals surface area contributed by atoms with E-state index in [1.807, 2.05) is 12.1 Å². The largest absolute Gasteiger partial charge is 0.454 e. The molecule has 2 nitrogen and oxygen atoms in total. The molecule has 0 N–H and O–H groups in total. The summed E-state index contributed by atoms with van der Waals surface area (Å²) in [6, 6.07) is 15.1. The average Bonchev–Trinajstić information content (AvgIpc) is 2.35. The molecule has 0 aromatic heterocycles. The lowest BCUT2D eigenvalue weighted by atomic mass is 10.1. The van der Waals surface area contributed by atoms with E-state index in [1.54, 1.807) is 24.3 Å². The molecule has 1 radical (unpaired) electrons. The molecule has 3 heteroatoms. The van der Waals surface area contributed by atoms with E-state index >= 15 is 0 Å². The Morgan fingerprint density at radius 3 is 2.59 bits per heavy atom. The zero-order chi connectivity index (χ0) is 12.1. The normalized spacial score (nSPS) is 9.65. The number of nitriles is 1. The summed E-state index contributed by atoms with van der Waals surface area (Å²) in [5.74, 6) is 0.213. The Hall–Kier alpha value is -2.34. The zero-order valence-electron chi connectivity index (χ0n) is 8.93. The zero-order valence-corrected chi connectivity index (χ0v) is 8.93. The predicted octanol–water partition coefficient (Wildman–Crippen LogP) is 3.69. The minimum Gasteiger partial charge on any atom is -0.454 e. The summed E-state index contributed by atoms with van der Waals surface area (Å²) in [6.07, 6.45) is 1.33. The molecule has 0 unspecified atom stereocenters. The standard InChI is InChI=1S/C14H9FNO/c15-13-7-6-11(8-9-16)10-14(13)17-12-4-2-1-3-5-12/h1-8,10H. The van der Waals surface area contributed by atoms with Gasteiger partial charge in [-0.2, -0.15) is 5.26 Å². The molecule has 2 aromatic carbocycles. The van der Waals surface area contributed by atoms with Crippen LogP contribution in [0.5, 0.6) is 11.5 Å². The monoisotopic (exact) mass is 226 g/mol. The van der Waals surface area contributed by atoms with Gasteiger partial charge in [-0.1, -0.05) is 24.3 Å². The predicted molar refractivity (Wildman–Crippen MR) is 61.9 cm³/mol. The molecule has 0 heterocycles. The van der Waals surface area contributed by atoms with Gasteiger partial charge in [0.15, 0.2) is 11.6 Å². The van der Waals surface area contributed by atoms with Crippen molar-refractivity contribution < 1.29 is 9.13 Å². The minimum absolute atomic E-state index is 0.111. The van der Waals surface area contributed by atoms with E-state index in [0.29, 0.717) is 11.3 Å². The summed E-state index contributed by atoms with van der Waals surface area (Å²) >= 11 is 0. The third-order valence-corrected chi connectivity index (χ3v) is 2.16. The lowest BCUT2D eigenvalue weighted by Gasteiger charge is -2.07. The Kier molecular flexibility index (Phi) is 3.37. The van der Waals surface area contributed by atoms with E-state index < -0.39 is 5.82 Å². The summed E-state index contributed by atoms with van der Waals surface area (Å²) in [5, 5.41) is 8.53. The van der Waals surface area contributed by atoms with Gasteiger partial charge in [-0.15, -0.1) is 0 Å². The molecule has 0 amide bonds. The van der Waals surface area contributed by atoms with E-state index in [0.717, 1.165) is 0 Å². The summed E-state index contributed by atoms with van der Waals surface area (Å²) in [6.45, 7) is 0. The van der Waals surface area contributed by atoms with Gasteiger partial charge >= 0.3 is 0 Å². The second-order valence-electron chi connectivity index (χ2n) is 3.38. The number of para-hydroxylation sites is 1. The van der Waals surface area contributed by atoms with Crippen molar-refractivity contribution in [2.24, 2.45) is 0 Å². The second-order valence-corrected chi connectivity index (χ2v) is 3.38. The first kappa shape index (κ1) is 11.2. The molecule has 0 aliphatic carbocycles. The van der Waals surface area contributed by atoms with Gasteiger partial charge < -0.3 is 4.74 Å². The Morgan fingerprint density at radius 2 is 1.88 bits per heavy atom. The van der Waals surface area contributed by atoms with E-state index in [9.17, 15) is 4.39 Å². The molecule has 0 fully saturated rings. The van der Waals surface area contributed by atoms with Crippen LogP contribution in [0.2, 0.25) is 0 Å². The fourth-order valence-corrected chi connectivity index (χ4v) is 1.38. The molecular weight excluding hydrogens is 217 g/mol. The molecule has 2 aromatic rings. The Bertz CT molecular complexity index is 546. The maximum absolute atomic E-state index is 13.5. The molecule has 0 bridgehead atoms. The molecule has 0 saturated heterocycles. The van der Waals surface area contributed by atoms with Crippen LogP contribution in [-0.2, 0) is 0 Å². The first-order chi connectivity index (χ1) is 8.29. The van der Waals surface area contributed by atoms with Crippen molar-refractivity contribution in [1.82, 2.24) is 0 Å². The van der Waals surface area contributed by atoms with Crippen molar-refractivity contribution in [3.8, 4) is 17.6 Å². The maximum atomic E-state index is 13.5. The van der Waals surface area contributed by atoms with Gasteiger partial charge in [0, 0.05) is 0 Å². The summed E-state index contributed by atoms with van der Waals surface area (Å²) in [4.78, 5) is 0. The van der Waals surface area contributed by atoms with Crippen LogP contribution in [-0.4, -0.2) is 0 Å². The van der Waals surface area contributed by atoms with Gasteiger partial charge in [-0.05, 0) is 29.8 Å². The smallest absolute Gasteiger partial charge is 0.165 e. The van der Waals surface area contributed by atoms with E-state index in [1.165, 1.54) is 24.6 Å². The van der Waals surface area contributed by atoms with Gasteiger partial charge in [0.25, 0.3) is 0 Å². The molecule has 0 spiro atoms. The number of hydrogen-bond acceptors (Lipinski definition) is 2. The maximum Gasteiger partial charge on any atom is 0.165 e. The van der Waals surface area contributed by atoms with E-state index in [-0.39, 0.29) is 5.75 Å². The first-order valence-corrected chi connectivity index (χ1v) is 5.05. The number of halogens is 1. The van der Waals surface area contributed by atoms with Crippen molar-refractivity contribution >= 4 is 0 Å². The van der Waals surface area contributed by atoms with Gasteiger partial charge in [-0.3, -0.25) is 0 Å². The van der Waals surface area contributed by atoms with Crippen molar-refractivity contribution in [3.63, 3.8) is 0 Å². The Morgan fingerprint density at radius 1 is 1.12 bits per heavy atom. The molecule has 0 saturated carbocycles. The number of benzene rings is 2. The van der Waals surface area contributed by atoms with Gasteiger partial charge in [0.2, 0.25) is 0 Å². The third kappa shape index (κ3) is 2.82. The minimum atomic E-state index is -0.455. The topological polar surface area (TPSA) is 33.0 Å². The molecule has 17 heavy (non-hydrogen) atoms. The molecule has 2 rings (SSSR count). The second kappa shape index (κ2) is 5.13. The highest BCUT2D eigenvalue weighted by Crippen LogP contribution is 2.25. The number of ether oxygens (including phenoxy) is 1. The quantitative estimate of drug-likeness (QED) is 0.799. The highest BCUT2D eigenvalue weighted by Gasteiger charge is 2.06. The van der Waals surface area contributed by atoms with E-state index in [4.69, 9.17) is 10.00 Å². The SMILES string of the molecule is N#C[CH]c1ccc(F)c(Oc2ccccc2)c1. The molecule has 0 aliphatic rings. The molecule has 0 atom stereocenters. The van der Waals surface area contributed by atoms with Crippen LogP contribution in [0.15, 0.2) is 48.5 Å². The van der Waals surface area contributed by atoms with Crippen LogP contribution in [0.25, 0.3) is 0 Å². The van der Waals surface area contributed by atoms with Crippen LogP contribution >= 0.6 is 0 Å². The molecule has 0 aliphatic heterocycles. The van der Waals surface area contributed by atoms with Crippen LogP contribution in [0.1, 0.15) is 5.56 Å². The third-order valence-electron chi connectivity index (χ3n) is 2.16. The summed E-state index contributed by atoms with van der Waals surface area (Å²) in [7, 11) is 0. The lowest BCUT2D eigenvalue weighted by molar-refractivity contribution is 0.442. The molecular formula is C14H9FNO. The Labute approximate surface area is 98.9 Å². The summed E-state index contributed by atoms with van der Waals surface area (Å²) < 4.78 is 18.9. The van der Waals surface area contributed by atoms with Crippen molar-refractivity contribution in [2.75, 3.05) is 0 Å². The van der Waals surface area contributed by atoms with Gasteiger partial charge in [0.05, 0.1) is 12.5 Å². The van der Waals surface area contributed by atoms with Crippen LogP contribution in [0.4, 0.5) is 4.39 Å². The van der Waals surface area contributed by atoms with E-state index in [2.05, 4.69) is 0 Å². The average molecular weight is 226 g/mol. The Balaban J connectivity index is 2.26. The number of hydrogen-bond donors (Lipinski definition) is 0. The van der Waals surface area contributed by atoms with Crippen LogP contribution in [0.3, 0.4) is 0 Å². The lowest BCUT2D eigenvalue weighted by Crippen LogP contribution is -1.90. The fourth-order valence-electron chi connectivity index (χ4n) is 1.38.